The fourth-order valence-electron chi connectivity index (χ4n) is 1.89. The number of benzene rings is 1. The Balaban J connectivity index is 1.73. The molecule has 0 aliphatic heterocycles. The van der Waals surface area contributed by atoms with Crippen molar-refractivity contribution in [2.45, 2.75) is 6.92 Å². The Kier molecular flexibility index (Phi) is 6.98. The molecular formula is C17H18N2O6S. The second-order valence-electron chi connectivity index (χ2n) is 4.93. The molecule has 1 aromatic heterocycles. The Hall–Kier alpha value is -3.07. The molecule has 0 saturated heterocycles. The molecule has 2 amide bonds. The Morgan fingerprint density at radius 2 is 1.69 bits per heavy atom. The normalized spacial score (nSPS) is 10.0. The van der Waals surface area contributed by atoms with E-state index in [1.54, 1.807) is 29.6 Å². The van der Waals surface area contributed by atoms with Crippen molar-refractivity contribution in [3.05, 3.63) is 41.3 Å². The predicted molar refractivity (Wildman–Crippen MR) is 95.5 cm³/mol. The van der Waals surface area contributed by atoms with Gasteiger partial charge in [0.25, 0.3) is 11.8 Å². The maximum atomic E-state index is 11.8. The summed E-state index contributed by atoms with van der Waals surface area (Å²) in [5, 5.41) is 4.39. The van der Waals surface area contributed by atoms with Gasteiger partial charge in [-0.05, 0) is 42.6 Å². The Bertz CT molecular complexity index is 772. The lowest BCUT2D eigenvalue weighted by Crippen LogP contribution is -2.24. The standard InChI is InChI=1S/C17H18N2O6S/c1-2-23-11-3-5-12(6-4-11)24-10-15(21)25-9-14(20)19-17-13(16(18)22)7-8-26-17/h3-8H,2,9-10H2,1H3,(H2,18,22)(H,19,20). The van der Waals surface area contributed by atoms with Gasteiger partial charge < -0.3 is 25.3 Å². The van der Waals surface area contributed by atoms with Crippen molar-refractivity contribution in [2.75, 3.05) is 25.1 Å². The van der Waals surface area contributed by atoms with E-state index >= 15 is 0 Å². The van der Waals surface area contributed by atoms with Gasteiger partial charge in [0.05, 0.1) is 12.2 Å². The van der Waals surface area contributed by atoms with E-state index in [1.807, 2.05) is 6.92 Å². The highest BCUT2D eigenvalue weighted by molar-refractivity contribution is 7.14. The number of thiophene rings is 1. The van der Waals surface area contributed by atoms with Crippen molar-refractivity contribution in [3.63, 3.8) is 0 Å². The van der Waals surface area contributed by atoms with Crippen LogP contribution in [0.1, 0.15) is 17.3 Å². The summed E-state index contributed by atoms with van der Waals surface area (Å²) in [4.78, 5) is 34.6. The Morgan fingerprint density at radius 3 is 2.31 bits per heavy atom. The van der Waals surface area contributed by atoms with E-state index in [9.17, 15) is 14.4 Å². The van der Waals surface area contributed by atoms with Crippen LogP contribution in [0.4, 0.5) is 5.00 Å². The van der Waals surface area contributed by atoms with Gasteiger partial charge in [0, 0.05) is 0 Å². The summed E-state index contributed by atoms with van der Waals surface area (Å²) < 4.78 is 15.4. The van der Waals surface area contributed by atoms with Crippen LogP contribution in [0, 0.1) is 0 Å². The Morgan fingerprint density at radius 1 is 1.04 bits per heavy atom. The van der Waals surface area contributed by atoms with Gasteiger partial charge in [0.1, 0.15) is 16.5 Å². The zero-order chi connectivity index (χ0) is 18.9. The smallest absolute Gasteiger partial charge is 0.344 e. The average molecular weight is 378 g/mol. The number of nitrogens with two attached hydrogens (primary N) is 1. The van der Waals surface area contributed by atoms with Crippen LogP contribution in [0.15, 0.2) is 35.7 Å². The molecule has 0 saturated carbocycles. The molecule has 0 atom stereocenters. The van der Waals surface area contributed by atoms with Crippen molar-refractivity contribution in [1.29, 1.82) is 0 Å². The molecule has 2 aromatic rings. The summed E-state index contributed by atoms with van der Waals surface area (Å²) in [6, 6.07) is 8.25. The lowest BCUT2D eigenvalue weighted by molar-refractivity contribution is -0.149. The molecule has 0 aliphatic rings. The zero-order valence-corrected chi connectivity index (χ0v) is 14.8. The second kappa shape index (κ2) is 9.42. The summed E-state index contributed by atoms with van der Waals surface area (Å²) in [6.07, 6.45) is 0. The molecule has 2 rings (SSSR count). The van der Waals surface area contributed by atoms with Crippen LogP contribution in [0.2, 0.25) is 0 Å². The molecule has 1 aromatic carbocycles. The zero-order valence-electron chi connectivity index (χ0n) is 14.0. The number of hydrogen-bond acceptors (Lipinski definition) is 7. The number of hydrogen-bond donors (Lipinski definition) is 2. The van der Waals surface area contributed by atoms with Crippen LogP contribution in [-0.4, -0.2) is 37.6 Å². The predicted octanol–water partition coefficient (Wildman–Crippen LogP) is 1.81. The molecule has 1 heterocycles. The largest absolute Gasteiger partial charge is 0.494 e. The van der Waals surface area contributed by atoms with Gasteiger partial charge in [0.2, 0.25) is 0 Å². The van der Waals surface area contributed by atoms with Gasteiger partial charge >= 0.3 is 5.97 Å². The van der Waals surface area contributed by atoms with E-state index in [0.717, 1.165) is 11.3 Å². The van der Waals surface area contributed by atoms with Crippen molar-refractivity contribution >= 4 is 34.1 Å². The molecule has 26 heavy (non-hydrogen) atoms. The van der Waals surface area contributed by atoms with Crippen molar-refractivity contribution in [2.24, 2.45) is 5.73 Å². The van der Waals surface area contributed by atoms with Crippen LogP contribution < -0.4 is 20.5 Å². The first kappa shape index (κ1) is 19.3. The number of nitrogens with one attached hydrogen (secondary N) is 1. The highest BCUT2D eigenvalue weighted by Gasteiger charge is 2.14. The highest BCUT2D eigenvalue weighted by Crippen LogP contribution is 2.22. The number of rotatable bonds is 9. The quantitative estimate of drug-likeness (QED) is 0.643. The minimum absolute atomic E-state index is 0.202. The molecule has 8 nitrogen and oxygen atoms in total. The first-order chi connectivity index (χ1) is 12.5. The second-order valence-corrected chi connectivity index (χ2v) is 5.85. The van der Waals surface area contributed by atoms with E-state index in [4.69, 9.17) is 19.9 Å². The number of anilines is 1. The van der Waals surface area contributed by atoms with E-state index in [2.05, 4.69) is 5.32 Å². The maximum absolute atomic E-state index is 11.8. The molecule has 9 heteroatoms. The van der Waals surface area contributed by atoms with Crippen LogP contribution in [0.3, 0.4) is 0 Å². The molecular weight excluding hydrogens is 360 g/mol. The van der Waals surface area contributed by atoms with Crippen LogP contribution in [0.5, 0.6) is 11.5 Å². The third kappa shape index (κ3) is 5.78. The molecule has 0 unspecified atom stereocenters. The molecule has 3 N–H and O–H groups in total. The van der Waals surface area contributed by atoms with E-state index in [0.29, 0.717) is 23.1 Å². The summed E-state index contributed by atoms with van der Waals surface area (Å²) >= 11 is 1.14. The monoisotopic (exact) mass is 378 g/mol. The fraction of sp³-hybridized carbons (Fsp3) is 0.235. The lowest BCUT2D eigenvalue weighted by Gasteiger charge is -2.08. The van der Waals surface area contributed by atoms with E-state index in [1.165, 1.54) is 6.07 Å². The molecule has 0 bridgehead atoms. The third-order valence-electron chi connectivity index (χ3n) is 3.04. The number of amides is 2. The molecule has 0 radical (unpaired) electrons. The van der Waals surface area contributed by atoms with Gasteiger partial charge in [-0.3, -0.25) is 9.59 Å². The molecule has 0 fully saturated rings. The maximum Gasteiger partial charge on any atom is 0.344 e. The molecule has 0 spiro atoms. The van der Waals surface area contributed by atoms with Crippen LogP contribution in [0.25, 0.3) is 0 Å². The number of carbonyl (C=O) groups is 3. The first-order valence-corrected chi connectivity index (χ1v) is 8.56. The summed E-state index contributed by atoms with van der Waals surface area (Å²) in [7, 11) is 0. The fourth-order valence-corrected chi connectivity index (χ4v) is 2.70. The van der Waals surface area contributed by atoms with Gasteiger partial charge in [-0.1, -0.05) is 0 Å². The van der Waals surface area contributed by atoms with Gasteiger partial charge in [-0.25, -0.2) is 4.79 Å². The number of primary amides is 1. The topological polar surface area (TPSA) is 117 Å². The van der Waals surface area contributed by atoms with Crippen LogP contribution in [-0.2, 0) is 14.3 Å². The first-order valence-electron chi connectivity index (χ1n) is 7.68. The van der Waals surface area contributed by atoms with Gasteiger partial charge in [-0.15, -0.1) is 11.3 Å². The molecule has 0 aliphatic carbocycles. The summed E-state index contributed by atoms with van der Waals surface area (Å²) in [5.74, 6) is -0.760. The number of carbonyl (C=O) groups excluding carboxylic acids is 3. The van der Waals surface area contributed by atoms with E-state index in [-0.39, 0.29) is 12.2 Å². The number of ether oxygens (including phenoxy) is 3. The average Bonchev–Trinajstić information content (AvgIpc) is 3.08. The third-order valence-corrected chi connectivity index (χ3v) is 3.87. The minimum atomic E-state index is -0.699. The van der Waals surface area contributed by atoms with E-state index < -0.39 is 24.4 Å². The Labute approximate surface area is 153 Å². The summed E-state index contributed by atoms with van der Waals surface area (Å²) in [5.41, 5.74) is 5.39. The SMILES string of the molecule is CCOc1ccc(OCC(=O)OCC(=O)Nc2sccc2C(N)=O)cc1. The van der Waals surface area contributed by atoms with Crippen molar-refractivity contribution in [1.82, 2.24) is 0 Å². The lowest BCUT2D eigenvalue weighted by atomic mass is 10.3. The van der Waals surface area contributed by atoms with Crippen LogP contribution >= 0.6 is 11.3 Å². The van der Waals surface area contributed by atoms with Crippen molar-refractivity contribution in [3.8, 4) is 11.5 Å². The highest BCUT2D eigenvalue weighted by atomic mass is 32.1. The number of esters is 1. The minimum Gasteiger partial charge on any atom is -0.494 e. The van der Waals surface area contributed by atoms with Gasteiger partial charge in [-0.2, -0.15) is 0 Å². The van der Waals surface area contributed by atoms with Crippen molar-refractivity contribution < 1.29 is 28.6 Å². The molecule has 138 valence electrons. The summed E-state index contributed by atoms with van der Waals surface area (Å²) in [6.45, 7) is 1.60. The van der Waals surface area contributed by atoms with Gasteiger partial charge in [0.15, 0.2) is 13.2 Å².